The highest BCUT2D eigenvalue weighted by Gasteiger charge is 2.15. The van der Waals surface area contributed by atoms with Crippen molar-refractivity contribution in [2.24, 2.45) is 0 Å². The predicted molar refractivity (Wildman–Crippen MR) is 83.1 cm³/mol. The minimum atomic E-state index is -0.288. The number of nitrogens with zero attached hydrogens (tertiary/aromatic N) is 2. The first-order chi connectivity index (χ1) is 10.6. The van der Waals surface area contributed by atoms with Crippen molar-refractivity contribution in [3.63, 3.8) is 0 Å². The number of para-hydroxylation sites is 1. The lowest BCUT2D eigenvalue weighted by Crippen LogP contribution is -2.11. The number of anilines is 1. The average Bonchev–Trinajstić information content (AvgIpc) is 2.99. The Morgan fingerprint density at radius 2 is 1.77 bits per heavy atom. The Morgan fingerprint density at radius 3 is 2.55 bits per heavy atom. The monoisotopic (exact) mass is 313 g/mol. The van der Waals surface area contributed by atoms with E-state index in [1.165, 1.54) is 6.07 Å². The Balaban J connectivity index is 1.83. The first-order valence-electron chi connectivity index (χ1n) is 6.36. The number of phenols is 2. The molecule has 3 aromatic rings. The normalized spacial score (nSPS) is 10.4. The lowest BCUT2D eigenvalue weighted by molar-refractivity contribution is 0.102. The summed E-state index contributed by atoms with van der Waals surface area (Å²) in [5.41, 5.74) is 0.872. The molecule has 0 saturated heterocycles. The molecule has 0 fully saturated rings. The Kier molecular flexibility index (Phi) is 3.71. The van der Waals surface area contributed by atoms with Crippen LogP contribution in [0.25, 0.3) is 10.6 Å². The third-order valence-corrected chi connectivity index (χ3v) is 3.80. The van der Waals surface area contributed by atoms with Crippen molar-refractivity contribution in [1.29, 1.82) is 0 Å². The average molecular weight is 313 g/mol. The fraction of sp³-hybridized carbons (Fsp3) is 0. The minimum absolute atomic E-state index is 0.234. The molecule has 22 heavy (non-hydrogen) atoms. The van der Waals surface area contributed by atoms with Gasteiger partial charge < -0.3 is 10.2 Å². The number of phenolic OH excluding ortho intramolecular Hbond substituents is 2. The molecule has 0 atom stereocenters. The van der Waals surface area contributed by atoms with Crippen LogP contribution in [0.15, 0.2) is 48.5 Å². The molecule has 1 amide bonds. The van der Waals surface area contributed by atoms with Gasteiger partial charge in [0, 0.05) is 5.56 Å². The van der Waals surface area contributed by atoms with Gasteiger partial charge >= 0.3 is 0 Å². The Hall–Kier alpha value is -2.93. The SMILES string of the molecule is O=C(Nc1nnc(-c2cccc(O)c2O)s1)c1ccccc1. The van der Waals surface area contributed by atoms with E-state index in [0.29, 0.717) is 21.3 Å². The maximum absolute atomic E-state index is 12.0. The van der Waals surface area contributed by atoms with E-state index in [-0.39, 0.29) is 17.4 Å². The second-order valence-corrected chi connectivity index (χ2v) is 5.38. The molecule has 7 heteroatoms. The van der Waals surface area contributed by atoms with Crippen LogP contribution in [0, 0.1) is 0 Å². The van der Waals surface area contributed by atoms with E-state index in [1.807, 2.05) is 6.07 Å². The molecular weight excluding hydrogens is 302 g/mol. The van der Waals surface area contributed by atoms with E-state index in [4.69, 9.17) is 0 Å². The van der Waals surface area contributed by atoms with Gasteiger partial charge in [-0.3, -0.25) is 10.1 Å². The van der Waals surface area contributed by atoms with Crippen LogP contribution >= 0.6 is 11.3 Å². The number of carbonyl (C=O) groups is 1. The molecule has 2 aromatic carbocycles. The molecule has 0 aliphatic carbocycles. The van der Waals surface area contributed by atoms with Crippen LogP contribution in [0.2, 0.25) is 0 Å². The lowest BCUT2D eigenvalue weighted by atomic mass is 10.2. The smallest absolute Gasteiger partial charge is 0.257 e. The topological polar surface area (TPSA) is 95.3 Å². The van der Waals surface area contributed by atoms with Gasteiger partial charge in [-0.05, 0) is 24.3 Å². The molecular formula is C15H11N3O3S. The number of carbonyl (C=O) groups excluding carboxylic acids is 1. The maximum atomic E-state index is 12.0. The van der Waals surface area contributed by atoms with E-state index >= 15 is 0 Å². The molecule has 3 rings (SSSR count). The Labute approximate surface area is 129 Å². The summed E-state index contributed by atoms with van der Waals surface area (Å²) in [5.74, 6) is -0.786. The molecule has 1 heterocycles. The molecule has 6 nitrogen and oxygen atoms in total. The Bertz CT molecular complexity index is 818. The molecule has 0 aliphatic rings. The number of nitrogens with one attached hydrogen (secondary N) is 1. The zero-order chi connectivity index (χ0) is 15.5. The van der Waals surface area contributed by atoms with Gasteiger partial charge in [0.25, 0.3) is 5.91 Å². The van der Waals surface area contributed by atoms with Gasteiger partial charge in [-0.25, -0.2) is 0 Å². The number of benzene rings is 2. The van der Waals surface area contributed by atoms with Gasteiger partial charge in [-0.2, -0.15) is 0 Å². The van der Waals surface area contributed by atoms with Crippen molar-refractivity contribution in [2.45, 2.75) is 0 Å². The van der Waals surface area contributed by atoms with Crippen molar-refractivity contribution in [1.82, 2.24) is 10.2 Å². The zero-order valence-corrected chi connectivity index (χ0v) is 12.0. The van der Waals surface area contributed by atoms with Crippen LogP contribution in [0.1, 0.15) is 10.4 Å². The first kappa shape index (κ1) is 14.0. The standard InChI is InChI=1S/C15H11N3O3S/c19-11-8-4-7-10(12(11)20)14-17-18-15(22-14)16-13(21)9-5-2-1-3-6-9/h1-8,19-20H,(H,16,18,21). The quantitative estimate of drug-likeness (QED) is 0.646. The van der Waals surface area contributed by atoms with Crippen LogP contribution in [-0.2, 0) is 0 Å². The van der Waals surface area contributed by atoms with Crippen LogP contribution in [0.4, 0.5) is 5.13 Å². The van der Waals surface area contributed by atoms with E-state index in [9.17, 15) is 15.0 Å². The highest BCUT2D eigenvalue weighted by molar-refractivity contribution is 7.18. The fourth-order valence-corrected chi connectivity index (χ4v) is 2.61. The number of aromatic nitrogens is 2. The van der Waals surface area contributed by atoms with Crippen molar-refractivity contribution in [3.05, 3.63) is 54.1 Å². The zero-order valence-electron chi connectivity index (χ0n) is 11.2. The van der Waals surface area contributed by atoms with Crippen LogP contribution in [0.5, 0.6) is 11.5 Å². The first-order valence-corrected chi connectivity index (χ1v) is 7.18. The van der Waals surface area contributed by atoms with E-state index < -0.39 is 0 Å². The minimum Gasteiger partial charge on any atom is -0.504 e. The second kappa shape index (κ2) is 5.82. The highest BCUT2D eigenvalue weighted by atomic mass is 32.1. The molecule has 0 unspecified atom stereocenters. The summed E-state index contributed by atoms with van der Waals surface area (Å²) in [6, 6.07) is 13.3. The summed E-state index contributed by atoms with van der Waals surface area (Å²) in [7, 11) is 0. The van der Waals surface area contributed by atoms with Crippen LogP contribution in [-0.4, -0.2) is 26.3 Å². The molecule has 0 aliphatic heterocycles. The number of aromatic hydroxyl groups is 2. The molecule has 3 N–H and O–H groups in total. The maximum Gasteiger partial charge on any atom is 0.257 e. The third-order valence-electron chi connectivity index (χ3n) is 2.93. The molecule has 0 bridgehead atoms. The summed E-state index contributed by atoms with van der Waals surface area (Å²) in [5, 5.41) is 30.5. The summed E-state index contributed by atoms with van der Waals surface area (Å²) in [6.07, 6.45) is 0. The second-order valence-electron chi connectivity index (χ2n) is 4.41. The van der Waals surface area contributed by atoms with E-state index in [2.05, 4.69) is 15.5 Å². The molecule has 110 valence electrons. The van der Waals surface area contributed by atoms with Gasteiger partial charge in [-0.15, -0.1) is 10.2 Å². The number of rotatable bonds is 3. The summed E-state index contributed by atoms with van der Waals surface area (Å²) in [4.78, 5) is 12.0. The molecule has 1 aromatic heterocycles. The molecule has 0 saturated carbocycles. The largest absolute Gasteiger partial charge is 0.504 e. The van der Waals surface area contributed by atoms with Crippen molar-refractivity contribution < 1.29 is 15.0 Å². The van der Waals surface area contributed by atoms with Crippen molar-refractivity contribution >= 4 is 22.4 Å². The summed E-state index contributed by atoms with van der Waals surface area (Å²) >= 11 is 1.11. The Morgan fingerprint density at radius 1 is 1.00 bits per heavy atom. The fourth-order valence-electron chi connectivity index (χ4n) is 1.85. The highest BCUT2D eigenvalue weighted by Crippen LogP contribution is 2.38. The summed E-state index contributed by atoms with van der Waals surface area (Å²) in [6.45, 7) is 0. The number of hydrogen-bond acceptors (Lipinski definition) is 6. The van der Waals surface area contributed by atoms with Gasteiger partial charge in [-0.1, -0.05) is 35.6 Å². The third kappa shape index (κ3) is 2.75. The van der Waals surface area contributed by atoms with Crippen LogP contribution in [0.3, 0.4) is 0 Å². The van der Waals surface area contributed by atoms with Crippen LogP contribution < -0.4 is 5.32 Å². The van der Waals surface area contributed by atoms with E-state index in [0.717, 1.165) is 11.3 Å². The van der Waals surface area contributed by atoms with Gasteiger partial charge in [0.2, 0.25) is 5.13 Å². The number of amides is 1. The molecule has 0 radical (unpaired) electrons. The van der Waals surface area contributed by atoms with Gasteiger partial charge in [0.05, 0.1) is 5.56 Å². The molecule has 0 spiro atoms. The van der Waals surface area contributed by atoms with Crippen molar-refractivity contribution in [3.8, 4) is 22.1 Å². The van der Waals surface area contributed by atoms with Gasteiger partial charge in [0.1, 0.15) is 0 Å². The predicted octanol–water partition coefficient (Wildman–Crippen LogP) is 2.87. The van der Waals surface area contributed by atoms with E-state index in [1.54, 1.807) is 36.4 Å². The summed E-state index contributed by atoms with van der Waals surface area (Å²) < 4.78 is 0. The van der Waals surface area contributed by atoms with Gasteiger partial charge in [0.15, 0.2) is 16.5 Å². The lowest BCUT2D eigenvalue weighted by Gasteiger charge is -2.01. The number of hydrogen-bond donors (Lipinski definition) is 3. The van der Waals surface area contributed by atoms with Crippen molar-refractivity contribution in [2.75, 3.05) is 5.32 Å².